The Balaban J connectivity index is 2.65. The van der Waals surface area contributed by atoms with E-state index in [2.05, 4.69) is 0 Å². The van der Waals surface area contributed by atoms with E-state index in [4.69, 9.17) is 9.47 Å². The molecule has 1 rings (SSSR count). The van der Waals surface area contributed by atoms with Crippen molar-refractivity contribution >= 4 is 17.1 Å². The second kappa shape index (κ2) is 4.99. The van der Waals surface area contributed by atoms with Crippen LogP contribution in [0.3, 0.4) is 0 Å². The Morgan fingerprint density at radius 1 is 1.62 bits per heavy atom. The van der Waals surface area contributed by atoms with Gasteiger partial charge in [-0.25, -0.2) is 0 Å². The first-order chi connectivity index (χ1) is 6.29. The molecule has 0 atom stereocenters. The molecule has 1 aromatic heterocycles. The maximum Gasteiger partial charge on any atom is 0.202 e. The monoisotopic (exact) mass is 200 g/mol. The zero-order valence-electron chi connectivity index (χ0n) is 7.70. The maximum atomic E-state index is 11.4. The molecule has 0 aromatic carbocycles. The minimum atomic E-state index is -0.0197. The summed E-state index contributed by atoms with van der Waals surface area (Å²) < 4.78 is 10.0. The quantitative estimate of drug-likeness (QED) is 0.682. The first-order valence-electron chi connectivity index (χ1n) is 4.02. The van der Waals surface area contributed by atoms with E-state index in [0.717, 1.165) is 0 Å². The van der Waals surface area contributed by atoms with Gasteiger partial charge in [0.2, 0.25) is 5.78 Å². The van der Waals surface area contributed by atoms with Gasteiger partial charge in [0.25, 0.3) is 0 Å². The molecule has 0 unspecified atom stereocenters. The summed E-state index contributed by atoms with van der Waals surface area (Å²) in [4.78, 5) is 12.1. The number of methoxy groups -OCH3 is 1. The molecule has 72 valence electrons. The zero-order chi connectivity index (χ0) is 9.68. The van der Waals surface area contributed by atoms with Crippen molar-refractivity contribution in [3.63, 3.8) is 0 Å². The van der Waals surface area contributed by atoms with Gasteiger partial charge in [-0.3, -0.25) is 4.79 Å². The molecule has 0 amide bonds. The minimum Gasteiger partial charge on any atom is -0.495 e. The van der Waals surface area contributed by atoms with Gasteiger partial charge in [0.05, 0.1) is 7.11 Å². The molecule has 0 fully saturated rings. The number of carbonyl (C=O) groups excluding carboxylic acids is 1. The van der Waals surface area contributed by atoms with Crippen LogP contribution in [0.15, 0.2) is 11.4 Å². The Morgan fingerprint density at radius 2 is 2.38 bits per heavy atom. The average molecular weight is 200 g/mol. The molecule has 4 heteroatoms. The summed E-state index contributed by atoms with van der Waals surface area (Å²) >= 11 is 1.38. The van der Waals surface area contributed by atoms with Crippen molar-refractivity contribution in [2.24, 2.45) is 0 Å². The Labute approximate surface area is 81.3 Å². The van der Waals surface area contributed by atoms with Gasteiger partial charge in [0.1, 0.15) is 17.2 Å². The molecule has 13 heavy (non-hydrogen) atoms. The fraction of sp³-hybridized carbons (Fsp3) is 0.444. The van der Waals surface area contributed by atoms with Gasteiger partial charge >= 0.3 is 0 Å². The first-order valence-corrected chi connectivity index (χ1v) is 4.90. The molecule has 0 saturated carbocycles. The number of ketones is 1. The summed E-state index contributed by atoms with van der Waals surface area (Å²) in [5, 5.41) is 1.83. The average Bonchev–Trinajstić information content (AvgIpc) is 2.61. The largest absolute Gasteiger partial charge is 0.495 e. The highest BCUT2D eigenvalue weighted by molar-refractivity contribution is 7.12. The van der Waals surface area contributed by atoms with Gasteiger partial charge in [-0.05, 0) is 18.4 Å². The number of thiophene rings is 1. The molecule has 3 nitrogen and oxygen atoms in total. The summed E-state index contributed by atoms with van der Waals surface area (Å²) in [7, 11) is 1.56. The third-order valence-electron chi connectivity index (χ3n) is 1.54. The second-order valence-corrected chi connectivity index (χ2v) is 3.29. The lowest BCUT2D eigenvalue weighted by atomic mass is 10.3. The van der Waals surface area contributed by atoms with Crippen molar-refractivity contribution in [1.29, 1.82) is 0 Å². The van der Waals surface area contributed by atoms with Crippen LogP contribution in [0.2, 0.25) is 0 Å². The minimum absolute atomic E-state index is 0.0197. The van der Waals surface area contributed by atoms with E-state index >= 15 is 0 Å². The number of carbonyl (C=O) groups is 1. The highest BCUT2D eigenvalue weighted by Crippen LogP contribution is 2.24. The van der Waals surface area contributed by atoms with Crippen LogP contribution in [0.25, 0.3) is 0 Å². The molecule has 1 aromatic rings. The summed E-state index contributed by atoms with van der Waals surface area (Å²) in [6.07, 6.45) is 0. The normalized spacial score (nSPS) is 10.0. The van der Waals surface area contributed by atoms with E-state index in [9.17, 15) is 4.79 Å². The number of ether oxygens (including phenoxy) is 2. The predicted octanol–water partition coefficient (Wildman–Crippen LogP) is 1.98. The number of hydrogen-bond donors (Lipinski definition) is 0. The molecule has 0 aliphatic heterocycles. The molecule has 0 N–H and O–H groups in total. The lowest BCUT2D eigenvalue weighted by Gasteiger charge is -2.01. The molecule has 0 spiro atoms. The highest BCUT2D eigenvalue weighted by atomic mass is 32.1. The molecule has 0 aliphatic carbocycles. The van der Waals surface area contributed by atoms with Crippen molar-refractivity contribution in [3.8, 4) is 5.75 Å². The van der Waals surface area contributed by atoms with Crippen molar-refractivity contribution in [2.75, 3.05) is 20.3 Å². The Morgan fingerprint density at radius 3 is 3.00 bits per heavy atom. The number of hydrogen-bond acceptors (Lipinski definition) is 4. The summed E-state index contributed by atoms with van der Waals surface area (Å²) in [5.74, 6) is 0.614. The molecular weight excluding hydrogens is 188 g/mol. The fourth-order valence-corrected chi connectivity index (χ4v) is 1.71. The predicted molar refractivity (Wildman–Crippen MR) is 51.7 cm³/mol. The lowest BCUT2D eigenvalue weighted by Crippen LogP contribution is -2.08. The van der Waals surface area contributed by atoms with Crippen LogP contribution >= 0.6 is 11.3 Å². The van der Waals surface area contributed by atoms with E-state index in [1.54, 1.807) is 13.2 Å². The van der Waals surface area contributed by atoms with E-state index in [0.29, 0.717) is 17.2 Å². The standard InChI is InChI=1S/C9H12O3S/c1-3-12-6-7(10)9-8(11-2)4-5-13-9/h4-5H,3,6H2,1-2H3. The van der Waals surface area contributed by atoms with Crippen molar-refractivity contribution < 1.29 is 14.3 Å². The lowest BCUT2D eigenvalue weighted by molar-refractivity contribution is 0.0785. The molecule has 0 radical (unpaired) electrons. The smallest absolute Gasteiger partial charge is 0.202 e. The van der Waals surface area contributed by atoms with Gasteiger partial charge in [0, 0.05) is 6.61 Å². The third-order valence-corrected chi connectivity index (χ3v) is 2.48. The van der Waals surface area contributed by atoms with Crippen LogP contribution in [0.4, 0.5) is 0 Å². The van der Waals surface area contributed by atoms with Crippen LogP contribution in [0.5, 0.6) is 5.75 Å². The van der Waals surface area contributed by atoms with E-state index in [1.165, 1.54) is 11.3 Å². The van der Waals surface area contributed by atoms with Gasteiger partial charge in [-0.2, -0.15) is 0 Å². The van der Waals surface area contributed by atoms with Crippen LogP contribution < -0.4 is 4.74 Å². The third kappa shape index (κ3) is 2.54. The van der Waals surface area contributed by atoms with Gasteiger partial charge in [0.15, 0.2) is 0 Å². The molecule has 0 aliphatic rings. The summed E-state index contributed by atoms with van der Waals surface area (Å²) in [6.45, 7) is 2.55. The van der Waals surface area contributed by atoms with Crippen LogP contribution in [-0.4, -0.2) is 26.1 Å². The highest BCUT2D eigenvalue weighted by Gasteiger charge is 2.13. The Kier molecular flexibility index (Phi) is 3.92. The second-order valence-electron chi connectivity index (χ2n) is 2.38. The molecule has 0 saturated heterocycles. The maximum absolute atomic E-state index is 11.4. The molecule has 0 bridgehead atoms. The van der Waals surface area contributed by atoms with E-state index < -0.39 is 0 Å². The van der Waals surface area contributed by atoms with Crippen molar-refractivity contribution in [2.45, 2.75) is 6.92 Å². The van der Waals surface area contributed by atoms with Gasteiger partial charge < -0.3 is 9.47 Å². The van der Waals surface area contributed by atoms with Crippen molar-refractivity contribution in [3.05, 3.63) is 16.3 Å². The van der Waals surface area contributed by atoms with Crippen LogP contribution in [-0.2, 0) is 4.74 Å². The Hall–Kier alpha value is -0.870. The van der Waals surface area contributed by atoms with E-state index in [-0.39, 0.29) is 12.4 Å². The van der Waals surface area contributed by atoms with Crippen molar-refractivity contribution in [1.82, 2.24) is 0 Å². The SMILES string of the molecule is CCOCC(=O)c1sccc1OC. The number of Topliss-reactive ketones (excluding diaryl/α,β-unsaturated/α-hetero) is 1. The van der Waals surface area contributed by atoms with Crippen LogP contribution in [0, 0.1) is 0 Å². The zero-order valence-corrected chi connectivity index (χ0v) is 8.52. The topological polar surface area (TPSA) is 35.5 Å². The molecule has 1 heterocycles. The number of rotatable bonds is 5. The van der Waals surface area contributed by atoms with E-state index in [1.807, 2.05) is 12.3 Å². The fourth-order valence-electron chi connectivity index (χ4n) is 0.922. The molecular formula is C9H12O3S. The summed E-state index contributed by atoms with van der Waals surface area (Å²) in [5.41, 5.74) is 0. The van der Waals surface area contributed by atoms with Crippen LogP contribution in [0.1, 0.15) is 16.6 Å². The van der Waals surface area contributed by atoms with Gasteiger partial charge in [-0.1, -0.05) is 0 Å². The summed E-state index contributed by atoms with van der Waals surface area (Å²) in [6, 6.07) is 1.78. The Bertz CT molecular complexity index is 280. The first kappa shape index (κ1) is 10.2. The van der Waals surface area contributed by atoms with Gasteiger partial charge in [-0.15, -0.1) is 11.3 Å².